The number of rotatable bonds is 8. The lowest BCUT2D eigenvalue weighted by Crippen LogP contribution is -2.36. The second kappa shape index (κ2) is 9.14. The molecule has 1 aliphatic carbocycles. The highest BCUT2D eigenvalue weighted by Crippen LogP contribution is 2.37. The zero-order valence-electron chi connectivity index (χ0n) is 15.5. The Morgan fingerprint density at radius 2 is 1.85 bits per heavy atom. The second-order valence-corrected chi connectivity index (χ2v) is 7.29. The van der Waals surface area contributed by atoms with Crippen LogP contribution in [0.15, 0.2) is 24.3 Å². The zero-order chi connectivity index (χ0) is 18.4. The topological polar surface area (TPSA) is 70.7 Å². The molecule has 1 aliphatic heterocycles. The Morgan fingerprint density at radius 3 is 2.54 bits per heavy atom. The summed E-state index contributed by atoms with van der Waals surface area (Å²) >= 11 is 0. The van der Waals surface area contributed by atoms with E-state index in [1.807, 2.05) is 12.1 Å². The van der Waals surface area contributed by atoms with Gasteiger partial charge in [0.05, 0.1) is 13.2 Å². The first-order chi connectivity index (χ1) is 12.6. The van der Waals surface area contributed by atoms with Crippen LogP contribution in [0.2, 0.25) is 0 Å². The van der Waals surface area contributed by atoms with E-state index in [1.165, 1.54) is 5.56 Å². The highest BCUT2D eigenvalue weighted by molar-refractivity contribution is 5.82. The number of ether oxygens (including phenoxy) is 1. The van der Waals surface area contributed by atoms with Crippen LogP contribution in [0, 0.1) is 11.8 Å². The Labute approximate surface area is 155 Å². The average Bonchev–Trinajstić information content (AvgIpc) is 3.39. The van der Waals surface area contributed by atoms with Crippen molar-refractivity contribution in [3.8, 4) is 0 Å². The van der Waals surface area contributed by atoms with Gasteiger partial charge in [0.15, 0.2) is 0 Å². The Bertz CT molecular complexity index is 628. The van der Waals surface area contributed by atoms with Crippen molar-refractivity contribution in [3.63, 3.8) is 0 Å². The monoisotopic (exact) mass is 359 g/mol. The molecule has 3 rings (SSSR count). The number of nitrogens with zero attached hydrogens (tertiary/aromatic N) is 1. The van der Waals surface area contributed by atoms with Crippen molar-refractivity contribution in [2.45, 2.75) is 32.9 Å². The van der Waals surface area contributed by atoms with Crippen LogP contribution in [0.1, 0.15) is 30.9 Å². The Kier molecular flexibility index (Phi) is 6.63. The third-order valence-corrected chi connectivity index (χ3v) is 5.19. The molecule has 6 heteroatoms. The van der Waals surface area contributed by atoms with Gasteiger partial charge in [-0.3, -0.25) is 14.5 Å². The summed E-state index contributed by atoms with van der Waals surface area (Å²) in [4.78, 5) is 26.2. The van der Waals surface area contributed by atoms with E-state index < -0.39 is 0 Å². The van der Waals surface area contributed by atoms with E-state index in [2.05, 4.69) is 34.6 Å². The summed E-state index contributed by atoms with van der Waals surface area (Å²) in [6.45, 7) is 7.33. The summed E-state index contributed by atoms with van der Waals surface area (Å²) in [7, 11) is 0. The average molecular weight is 359 g/mol. The fourth-order valence-corrected chi connectivity index (χ4v) is 3.28. The lowest BCUT2D eigenvalue weighted by atomic mass is 10.1. The molecule has 1 saturated carbocycles. The molecule has 1 aromatic carbocycles. The van der Waals surface area contributed by atoms with Crippen molar-refractivity contribution >= 4 is 11.8 Å². The summed E-state index contributed by atoms with van der Waals surface area (Å²) in [5.41, 5.74) is 2.38. The normalized spacial score (nSPS) is 22.7. The molecular weight excluding hydrogens is 330 g/mol. The van der Waals surface area contributed by atoms with Crippen LogP contribution < -0.4 is 10.6 Å². The van der Waals surface area contributed by atoms with E-state index in [-0.39, 0.29) is 17.7 Å². The molecule has 0 radical (unpaired) electrons. The molecule has 2 N–H and O–H groups in total. The van der Waals surface area contributed by atoms with Crippen LogP contribution in [0.25, 0.3) is 0 Å². The molecule has 2 fully saturated rings. The zero-order valence-corrected chi connectivity index (χ0v) is 15.5. The van der Waals surface area contributed by atoms with Gasteiger partial charge in [-0.05, 0) is 23.5 Å². The van der Waals surface area contributed by atoms with Gasteiger partial charge in [0.25, 0.3) is 0 Å². The van der Waals surface area contributed by atoms with E-state index in [0.29, 0.717) is 25.4 Å². The van der Waals surface area contributed by atoms with E-state index in [9.17, 15) is 9.59 Å². The highest BCUT2D eigenvalue weighted by atomic mass is 16.5. The number of nitrogens with one attached hydrogen (secondary N) is 2. The van der Waals surface area contributed by atoms with Crippen LogP contribution in [0.4, 0.5) is 0 Å². The second-order valence-electron chi connectivity index (χ2n) is 7.29. The number of morpholine rings is 1. The summed E-state index contributed by atoms with van der Waals surface area (Å²) in [6, 6.07) is 8.22. The summed E-state index contributed by atoms with van der Waals surface area (Å²) in [5, 5.41) is 5.82. The Morgan fingerprint density at radius 1 is 1.15 bits per heavy atom. The maximum absolute atomic E-state index is 12.1. The largest absolute Gasteiger partial charge is 0.379 e. The predicted molar refractivity (Wildman–Crippen MR) is 99.3 cm³/mol. The quantitative estimate of drug-likeness (QED) is 0.734. The molecule has 0 bridgehead atoms. The molecule has 2 atom stereocenters. The van der Waals surface area contributed by atoms with Crippen molar-refractivity contribution in [1.82, 2.24) is 15.5 Å². The minimum Gasteiger partial charge on any atom is -0.379 e. The van der Waals surface area contributed by atoms with E-state index >= 15 is 0 Å². The van der Waals surface area contributed by atoms with Crippen molar-refractivity contribution in [3.05, 3.63) is 35.4 Å². The molecule has 0 spiro atoms. The van der Waals surface area contributed by atoms with Gasteiger partial charge in [0, 0.05) is 45.1 Å². The van der Waals surface area contributed by atoms with Gasteiger partial charge in [-0.15, -0.1) is 0 Å². The standard InChI is InChI=1S/C20H29N3O3/c1-15-12-18(15)20(25)21-7-6-19(24)22-13-16-4-2-3-5-17(16)14-23-8-10-26-11-9-23/h2-5,15,18H,6-14H2,1H3,(H,21,25)(H,22,24). The number of benzene rings is 1. The Balaban J connectivity index is 1.40. The maximum atomic E-state index is 12.1. The van der Waals surface area contributed by atoms with Crippen molar-refractivity contribution in [2.24, 2.45) is 11.8 Å². The highest BCUT2D eigenvalue weighted by Gasteiger charge is 2.38. The van der Waals surface area contributed by atoms with E-state index in [1.54, 1.807) is 0 Å². The number of hydrogen-bond donors (Lipinski definition) is 2. The fourth-order valence-electron chi connectivity index (χ4n) is 3.28. The number of carbonyl (C=O) groups excluding carboxylic acids is 2. The molecule has 2 aliphatic rings. The van der Waals surface area contributed by atoms with Crippen molar-refractivity contribution < 1.29 is 14.3 Å². The molecule has 6 nitrogen and oxygen atoms in total. The van der Waals surface area contributed by atoms with Gasteiger partial charge in [-0.1, -0.05) is 31.2 Å². The SMILES string of the molecule is CC1CC1C(=O)NCCC(=O)NCc1ccccc1CN1CCOCC1. The molecule has 26 heavy (non-hydrogen) atoms. The number of amides is 2. The first-order valence-electron chi connectivity index (χ1n) is 9.55. The van der Waals surface area contributed by atoms with Gasteiger partial charge in [0.2, 0.25) is 11.8 Å². The third-order valence-electron chi connectivity index (χ3n) is 5.19. The van der Waals surface area contributed by atoms with Gasteiger partial charge >= 0.3 is 0 Å². The van der Waals surface area contributed by atoms with Crippen molar-refractivity contribution in [2.75, 3.05) is 32.8 Å². The van der Waals surface area contributed by atoms with Crippen LogP contribution in [-0.2, 0) is 27.4 Å². The summed E-state index contributed by atoms with van der Waals surface area (Å²) in [6.07, 6.45) is 1.29. The number of hydrogen-bond acceptors (Lipinski definition) is 4. The third kappa shape index (κ3) is 5.54. The molecule has 1 heterocycles. The molecule has 0 aromatic heterocycles. The molecule has 1 saturated heterocycles. The van der Waals surface area contributed by atoms with Crippen LogP contribution in [0.3, 0.4) is 0 Å². The van der Waals surface area contributed by atoms with E-state index in [4.69, 9.17) is 4.74 Å². The first-order valence-corrected chi connectivity index (χ1v) is 9.55. The van der Waals surface area contributed by atoms with Crippen LogP contribution in [0.5, 0.6) is 0 Å². The molecular formula is C20H29N3O3. The molecule has 1 aromatic rings. The van der Waals surface area contributed by atoms with E-state index in [0.717, 1.165) is 44.8 Å². The smallest absolute Gasteiger partial charge is 0.223 e. The molecule has 142 valence electrons. The molecule has 2 unspecified atom stereocenters. The predicted octanol–water partition coefficient (Wildman–Crippen LogP) is 1.30. The van der Waals surface area contributed by atoms with Gasteiger partial charge in [-0.25, -0.2) is 0 Å². The summed E-state index contributed by atoms with van der Waals surface area (Å²) in [5.74, 6) is 0.702. The minimum absolute atomic E-state index is 0.0321. The maximum Gasteiger partial charge on any atom is 0.223 e. The van der Waals surface area contributed by atoms with Crippen LogP contribution in [-0.4, -0.2) is 49.6 Å². The van der Waals surface area contributed by atoms with Crippen molar-refractivity contribution in [1.29, 1.82) is 0 Å². The van der Waals surface area contributed by atoms with Gasteiger partial charge in [0.1, 0.15) is 0 Å². The van der Waals surface area contributed by atoms with Gasteiger partial charge < -0.3 is 15.4 Å². The minimum atomic E-state index is -0.0321. The van der Waals surface area contributed by atoms with Gasteiger partial charge in [-0.2, -0.15) is 0 Å². The number of carbonyl (C=O) groups is 2. The van der Waals surface area contributed by atoms with Crippen LogP contribution >= 0.6 is 0 Å². The lowest BCUT2D eigenvalue weighted by Gasteiger charge is -2.27. The first kappa shape index (κ1) is 18.9. The Hall–Kier alpha value is -1.92. The summed E-state index contributed by atoms with van der Waals surface area (Å²) < 4.78 is 5.40. The molecule has 2 amide bonds. The fraction of sp³-hybridized carbons (Fsp3) is 0.600. The lowest BCUT2D eigenvalue weighted by molar-refractivity contribution is -0.123.